The van der Waals surface area contributed by atoms with Crippen LogP contribution in [0.15, 0.2) is 12.2 Å². The highest BCUT2D eigenvalue weighted by atomic mass is 16.3. The molecule has 1 aliphatic carbocycles. The Bertz CT molecular complexity index is 121. The third-order valence-electron chi connectivity index (χ3n) is 1.55. The number of rotatable bonds is 1. The maximum atomic E-state index is 8.98. The van der Waals surface area contributed by atoms with Gasteiger partial charge >= 0.3 is 0 Å². The van der Waals surface area contributed by atoms with Crippen LogP contribution in [0.4, 0.5) is 0 Å². The van der Waals surface area contributed by atoms with Gasteiger partial charge in [-0.05, 0) is 0 Å². The van der Waals surface area contributed by atoms with E-state index in [4.69, 9.17) is 15.3 Å². The summed E-state index contributed by atoms with van der Waals surface area (Å²) < 4.78 is 0. The van der Waals surface area contributed by atoms with Gasteiger partial charge in [0.1, 0.15) is 0 Å². The number of hydrogen-bond acceptors (Lipinski definition) is 3. The molecule has 1 unspecified atom stereocenters. The minimum absolute atomic E-state index is 0.102. The summed E-state index contributed by atoms with van der Waals surface area (Å²) >= 11 is 0. The fourth-order valence-corrected chi connectivity index (χ4v) is 0.906. The van der Waals surface area contributed by atoms with Crippen molar-refractivity contribution in [2.75, 3.05) is 6.61 Å². The predicted octanol–water partition coefficient (Wildman–Crippen LogP) is -1.11. The van der Waals surface area contributed by atoms with Gasteiger partial charge in [-0.1, -0.05) is 12.2 Å². The maximum Gasteiger partial charge on any atom is 0.0986 e. The van der Waals surface area contributed by atoms with Crippen LogP contribution in [0.5, 0.6) is 0 Å². The lowest BCUT2D eigenvalue weighted by Gasteiger charge is -2.12. The molecule has 3 N–H and O–H groups in total. The van der Waals surface area contributed by atoms with Gasteiger partial charge in [0, 0.05) is 5.92 Å². The molecule has 3 heteroatoms. The fourth-order valence-electron chi connectivity index (χ4n) is 0.906. The summed E-state index contributed by atoms with van der Waals surface area (Å²) in [5.74, 6) is -0.278. The van der Waals surface area contributed by atoms with Crippen LogP contribution in [0.3, 0.4) is 0 Å². The minimum atomic E-state index is -0.810. The van der Waals surface area contributed by atoms with Gasteiger partial charge in [-0.25, -0.2) is 0 Å². The first-order valence-corrected chi connectivity index (χ1v) is 2.91. The molecule has 0 aromatic carbocycles. The summed E-state index contributed by atoms with van der Waals surface area (Å²) in [6.07, 6.45) is 1.51. The summed E-state index contributed by atoms with van der Waals surface area (Å²) in [4.78, 5) is 0. The van der Waals surface area contributed by atoms with Crippen molar-refractivity contribution in [2.45, 2.75) is 12.2 Å². The van der Waals surface area contributed by atoms with Crippen molar-refractivity contribution in [3.8, 4) is 0 Å². The molecule has 0 saturated carbocycles. The monoisotopic (exact) mass is 130 g/mol. The van der Waals surface area contributed by atoms with Gasteiger partial charge < -0.3 is 15.3 Å². The van der Waals surface area contributed by atoms with Crippen molar-refractivity contribution in [2.24, 2.45) is 5.92 Å². The molecule has 1 aliphatic rings. The van der Waals surface area contributed by atoms with E-state index in [1.165, 1.54) is 6.08 Å². The average Bonchev–Trinajstić information content (AvgIpc) is 2.15. The van der Waals surface area contributed by atoms with E-state index in [1.54, 1.807) is 6.08 Å². The van der Waals surface area contributed by atoms with E-state index >= 15 is 0 Å². The van der Waals surface area contributed by atoms with Gasteiger partial charge in [0.15, 0.2) is 0 Å². The lowest BCUT2D eigenvalue weighted by Crippen LogP contribution is -2.27. The largest absolute Gasteiger partial charge is 0.396 e. The molecule has 0 heterocycles. The Labute approximate surface area is 53.3 Å². The van der Waals surface area contributed by atoms with E-state index in [0.29, 0.717) is 0 Å². The van der Waals surface area contributed by atoms with Gasteiger partial charge in [0.2, 0.25) is 0 Å². The SMILES string of the molecule is OC[C@@H]1C=CC(O)[C@H]1O. The minimum Gasteiger partial charge on any atom is -0.396 e. The molecule has 0 amide bonds. The lowest BCUT2D eigenvalue weighted by molar-refractivity contribution is 0.0181. The molecule has 0 fully saturated rings. The summed E-state index contributed by atoms with van der Waals surface area (Å²) in [6.45, 7) is -0.102. The van der Waals surface area contributed by atoms with Crippen molar-refractivity contribution in [3.05, 3.63) is 12.2 Å². The second kappa shape index (κ2) is 2.47. The Morgan fingerprint density at radius 2 is 1.89 bits per heavy atom. The zero-order valence-corrected chi connectivity index (χ0v) is 4.94. The quantitative estimate of drug-likeness (QED) is 0.394. The first-order chi connectivity index (χ1) is 4.25. The molecular formula is C6H10O3. The van der Waals surface area contributed by atoms with Crippen molar-refractivity contribution < 1.29 is 15.3 Å². The van der Waals surface area contributed by atoms with Gasteiger partial charge in [-0.15, -0.1) is 0 Å². The molecule has 0 saturated heterocycles. The van der Waals surface area contributed by atoms with E-state index in [9.17, 15) is 0 Å². The van der Waals surface area contributed by atoms with Crippen LogP contribution in [-0.2, 0) is 0 Å². The summed E-state index contributed by atoms with van der Waals surface area (Å²) in [6, 6.07) is 0. The van der Waals surface area contributed by atoms with Crippen LogP contribution in [0.25, 0.3) is 0 Å². The Balaban J connectivity index is 2.51. The van der Waals surface area contributed by atoms with E-state index in [0.717, 1.165) is 0 Å². The van der Waals surface area contributed by atoms with E-state index in [1.807, 2.05) is 0 Å². The molecule has 0 aromatic rings. The van der Waals surface area contributed by atoms with Crippen LogP contribution in [0, 0.1) is 5.92 Å². The van der Waals surface area contributed by atoms with Crippen LogP contribution in [0.1, 0.15) is 0 Å². The zero-order valence-electron chi connectivity index (χ0n) is 4.94. The Morgan fingerprint density at radius 1 is 1.22 bits per heavy atom. The molecule has 1 rings (SSSR count). The summed E-state index contributed by atoms with van der Waals surface area (Å²) in [5.41, 5.74) is 0. The van der Waals surface area contributed by atoms with Crippen LogP contribution < -0.4 is 0 Å². The maximum absolute atomic E-state index is 8.98. The van der Waals surface area contributed by atoms with Crippen LogP contribution in [-0.4, -0.2) is 34.1 Å². The molecule has 0 bridgehead atoms. The molecule has 3 atom stereocenters. The zero-order chi connectivity index (χ0) is 6.85. The first kappa shape index (κ1) is 6.74. The highest BCUT2D eigenvalue weighted by molar-refractivity contribution is 5.07. The third-order valence-corrected chi connectivity index (χ3v) is 1.55. The number of aliphatic hydroxyl groups is 3. The van der Waals surface area contributed by atoms with Crippen LogP contribution in [0.2, 0.25) is 0 Å². The predicted molar refractivity (Wildman–Crippen MR) is 31.7 cm³/mol. The second-order valence-corrected chi connectivity index (χ2v) is 2.21. The highest BCUT2D eigenvalue weighted by Gasteiger charge is 2.26. The molecule has 0 spiro atoms. The molecule has 9 heavy (non-hydrogen) atoms. The van der Waals surface area contributed by atoms with Gasteiger partial charge in [0.25, 0.3) is 0 Å². The van der Waals surface area contributed by atoms with Gasteiger partial charge in [-0.2, -0.15) is 0 Å². The fraction of sp³-hybridized carbons (Fsp3) is 0.667. The average molecular weight is 130 g/mol. The normalized spacial score (nSPS) is 41.9. The molecule has 0 aliphatic heterocycles. The Hall–Kier alpha value is -0.380. The van der Waals surface area contributed by atoms with E-state index < -0.39 is 12.2 Å². The summed E-state index contributed by atoms with van der Waals surface area (Å²) in [5, 5.41) is 26.4. The standard InChI is InChI=1S/C6H10O3/c7-3-4-1-2-5(8)6(4)9/h1-2,4-9H,3H2/t4-,5?,6-/m0/s1. The molecule has 0 radical (unpaired) electrons. The van der Waals surface area contributed by atoms with E-state index in [2.05, 4.69) is 0 Å². The molecule has 3 nitrogen and oxygen atoms in total. The number of hydrogen-bond donors (Lipinski definition) is 3. The van der Waals surface area contributed by atoms with Crippen molar-refractivity contribution in [1.29, 1.82) is 0 Å². The molecule has 52 valence electrons. The molecule has 0 aromatic heterocycles. The van der Waals surface area contributed by atoms with Crippen molar-refractivity contribution in [3.63, 3.8) is 0 Å². The summed E-state index contributed by atoms with van der Waals surface area (Å²) in [7, 11) is 0. The first-order valence-electron chi connectivity index (χ1n) is 2.91. The lowest BCUT2D eigenvalue weighted by atomic mass is 10.1. The Kier molecular flexibility index (Phi) is 1.85. The van der Waals surface area contributed by atoms with Crippen molar-refractivity contribution >= 4 is 0 Å². The van der Waals surface area contributed by atoms with Crippen LogP contribution >= 0.6 is 0 Å². The topological polar surface area (TPSA) is 60.7 Å². The van der Waals surface area contributed by atoms with Crippen molar-refractivity contribution in [1.82, 2.24) is 0 Å². The number of aliphatic hydroxyl groups excluding tert-OH is 3. The second-order valence-electron chi connectivity index (χ2n) is 2.21. The Morgan fingerprint density at radius 3 is 2.11 bits per heavy atom. The molecular weight excluding hydrogens is 120 g/mol. The van der Waals surface area contributed by atoms with E-state index in [-0.39, 0.29) is 12.5 Å². The smallest absolute Gasteiger partial charge is 0.0986 e. The highest BCUT2D eigenvalue weighted by Crippen LogP contribution is 2.17. The van der Waals surface area contributed by atoms with Gasteiger partial charge in [-0.3, -0.25) is 0 Å². The van der Waals surface area contributed by atoms with Gasteiger partial charge in [0.05, 0.1) is 18.8 Å². The third kappa shape index (κ3) is 1.13.